The van der Waals surface area contributed by atoms with E-state index in [0.29, 0.717) is 13.1 Å². The van der Waals surface area contributed by atoms with Gasteiger partial charge in [0.15, 0.2) is 0 Å². The fraction of sp³-hybridized carbons (Fsp3) is 0.750. The predicted octanol–water partition coefficient (Wildman–Crippen LogP) is -0.0984. The number of amides is 1. The van der Waals surface area contributed by atoms with Crippen LogP contribution in [0.5, 0.6) is 0 Å². The molecule has 2 fully saturated rings. The van der Waals surface area contributed by atoms with Crippen LogP contribution in [0, 0.1) is 0 Å². The number of rotatable bonds is 2. The van der Waals surface area contributed by atoms with Crippen LogP contribution in [0.2, 0.25) is 0 Å². The van der Waals surface area contributed by atoms with Crippen molar-refractivity contribution in [2.24, 2.45) is 0 Å². The zero-order valence-corrected chi connectivity index (χ0v) is 8.33. The Kier molecular flexibility index (Phi) is 2.16. The second-order valence-corrected chi connectivity index (χ2v) is 4.18. The standard InChI is InChI=1S/C8H11ClN2O3/c9-11-3-1-2-8(11)5-10(7(8)14)4-6(12)13/h1-5H2,(H,12,13). The summed E-state index contributed by atoms with van der Waals surface area (Å²) in [5.74, 6) is -1.13. The maximum atomic E-state index is 11.7. The molecule has 14 heavy (non-hydrogen) atoms. The maximum absolute atomic E-state index is 11.7. The van der Waals surface area contributed by atoms with Crippen LogP contribution in [0.4, 0.5) is 0 Å². The van der Waals surface area contributed by atoms with Gasteiger partial charge in [-0.05, 0) is 24.6 Å². The molecule has 0 aliphatic carbocycles. The Hall–Kier alpha value is -0.810. The fourth-order valence-corrected chi connectivity index (χ4v) is 2.49. The summed E-state index contributed by atoms with van der Waals surface area (Å²) in [5, 5.41) is 8.52. The van der Waals surface area contributed by atoms with Gasteiger partial charge in [0.1, 0.15) is 12.1 Å². The molecule has 1 N–H and O–H groups in total. The van der Waals surface area contributed by atoms with Gasteiger partial charge in [0.25, 0.3) is 0 Å². The van der Waals surface area contributed by atoms with E-state index in [4.69, 9.17) is 16.9 Å². The molecule has 1 atom stereocenters. The first-order valence-corrected chi connectivity index (χ1v) is 4.85. The number of hydrogen-bond donors (Lipinski definition) is 1. The van der Waals surface area contributed by atoms with Crippen molar-refractivity contribution in [3.8, 4) is 0 Å². The average molecular weight is 219 g/mol. The quantitative estimate of drug-likeness (QED) is 0.520. The number of carbonyl (C=O) groups excluding carboxylic acids is 1. The summed E-state index contributed by atoms with van der Waals surface area (Å²) in [7, 11) is 0. The first kappa shape index (κ1) is 9.73. The van der Waals surface area contributed by atoms with Gasteiger partial charge < -0.3 is 10.0 Å². The smallest absolute Gasteiger partial charge is 0.323 e. The van der Waals surface area contributed by atoms with E-state index >= 15 is 0 Å². The Bertz CT molecular complexity index is 296. The summed E-state index contributed by atoms with van der Waals surface area (Å²) in [6.07, 6.45) is 1.64. The second kappa shape index (κ2) is 3.10. The minimum atomic E-state index is -0.979. The van der Waals surface area contributed by atoms with Crippen LogP contribution in [0.3, 0.4) is 0 Å². The molecule has 2 saturated heterocycles. The van der Waals surface area contributed by atoms with Crippen LogP contribution in [0.15, 0.2) is 0 Å². The molecule has 2 aliphatic rings. The Balaban J connectivity index is 2.02. The van der Waals surface area contributed by atoms with Crippen molar-refractivity contribution in [2.75, 3.05) is 19.6 Å². The lowest BCUT2D eigenvalue weighted by Gasteiger charge is -2.48. The molecule has 78 valence electrons. The molecule has 0 radical (unpaired) electrons. The maximum Gasteiger partial charge on any atom is 0.323 e. The van der Waals surface area contributed by atoms with Gasteiger partial charge in [0.05, 0.1) is 0 Å². The molecule has 1 spiro atoms. The van der Waals surface area contributed by atoms with Gasteiger partial charge in [-0.25, -0.2) is 4.42 Å². The summed E-state index contributed by atoms with van der Waals surface area (Å²) >= 11 is 5.91. The van der Waals surface area contributed by atoms with Crippen molar-refractivity contribution in [3.63, 3.8) is 0 Å². The Morgan fingerprint density at radius 2 is 2.36 bits per heavy atom. The van der Waals surface area contributed by atoms with Crippen LogP contribution in [0.1, 0.15) is 12.8 Å². The second-order valence-electron chi connectivity index (χ2n) is 3.78. The molecule has 0 bridgehead atoms. The van der Waals surface area contributed by atoms with E-state index in [2.05, 4.69) is 0 Å². The predicted molar refractivity (Wildman–Crippen MR) is 48.7 cm³/mol. The van der Waals surface area contributed by atoms with Gasteiger partial charge in [0, 0.05) is 13.1 Å². The normalized spacial score (nSPS) is 32.4. The van der Waals surface area contributed by atoms with E-state index in [1.165, 1.54) is 9.32 Å². The van der Waals surface area contributed by atoms with Crippen molar-refractivity contribution in [1.82, 2.24) is 9.32 Å². The van der Waals surface area contributed by atoms with Crippen LogP contribution in [0.25, 0.3) is 0 Å². The van der Waals surface area contributed by atoms with Crippen molar-refractivity contribution in [1.29, 1.82) is 0 Å². The molecule has 2 heterocycles. The molecule has 2 aliphatic heterocycles. The molecule has 0 aromatic heterocycles. The van der Waals surface area contributed by atoms with Crippen molar-refractivity contribution in [3.05, 3.63) is 0 Å². The van der Waals surface area contributed by atoms with E-state index in [9.17, 15) is 9.59 Å². The molecular weight excluding hydrogens is 208 g/mol. The Morgan fingerprint density at radius 1 is 1.64 bits per heavy atom. The van der Waals surface area contributed by atoms with E-state index in [1.54, 1.807) is 0 Å². The number of carbonyl (C=O) groups is 2. The minimum absolute atomic E-state index is 0.146. The van der Waals surface area contributed by atoms with Crippen LogP contribution >= 0.6 is 11.8 Å². The third kappa shape index (κ3) is 1.19. The van der Waals surface area contributed by atoms with E-state index in [0.717, 1.165) is 12.8 Å². The third-order valence-corrected chi connectivity index (χ3v) is 3.37. The van der Waals surface area contributed by atoms with Gasteiger partial charge in [-0.15, -0.1) is 0 Å². The molecule has 2 rings (SSSR count). The molecule has 1 unspecified atom stereocenters. The van der Waals surface area contributed by atoms with Crippen LogP contribution in [-0.4, -0.2) is 51.5 Å². The first-order chi connectivity index (χ1) is 6.56. The molecule has 0 aromatic rings. The van der Waals surface area contributed by atoms with Gasteiger partial charge >= 0.3 is 5.97 Å². The summed E-state index contributed by atoms with van der Waals surface area (Å²) in [5.41, 5.74) is -0.586. The van der Waals surface area contributed by atoms with Crippen LogP contribution < -0.4 is 0 Å². The SMILES string of the molecule is O=C(O)CN1CC2(CCCN2Cl)C1=O. The molecule has 6 heteroatoms. The number of aliphatic carboxylic acids is 1. The molecule has 0 saturated carbocycles. The highest BCUT2D eigenvalue weighted by molar-refractivity contribution is 6.17. The number of β-lactam (4-membered cyclic amide) rings is 1. The number of hydrogen-bond acceptors (Lipinski definition) is 3. The minimum Gasteiger partial charge on any atom is -0.480 e. The molecule has 1 amide bonds. The van der Waals surface area contributed by atoms with Crippen LogP contribution in [-0.2, 0) is 9.59 Å². The van der Waals surface area contributed by atoms with Crippen molar-refractivity contribution < 1.29 is 14.7 Å². The fourth-order valence-electron chi connectivity index (χ4n) is 2.16. The van der Waals surface area contributed by atoms with Crippen molar-refractivity contribution in [2.45, 2.75) is 18.4 Å². The van der Waals surface area contributed by atoms with Gasteiger partial charge in [-0.3, -0.25) is 9.59 Å². The van der Waals surface area contributed by atoms with Crippen molar-refractivity contribution >= 4 is 23.7 Å². The summed E-state index contributed by atoms with van der Waals surface area (Å²) in [4.78, 5) is 23.4. The highest BCUT2D eigenvalue weighted by Crippen LogP contribution is 2.39. The molecule has 5 nitrogen and oxygen atoms in total. The third-order valence-electron chi connectivity index (χ3n) is 2.87. The Labute approximate surface area is 86.3 Å². The highest BCUT2D eigenvalue weighted by atomic mass is 35.5. The summed E-state index contributed by atoms with van der Waals surface area (Å²) < 4.78 is 1.52. The van der Waals surface area contributed by atoms with Gasteiger partial charge in [-0.2, -0.15) is 0 Å². The van der Waals surface area contributed by atoms with E-state index < -0.39 is 11.5 Å². The lowest BCUT2D eigenvalue weighted by atomic mass is 9.87. The zero-order chi connectivity index (χ0) is 10.3. The monoisotopic (exact) mass is 218 g/mol. The van der Waals surface area contributed by atoms with E-state index in [-0.39, 0.29) is 12.5 Å². The number of likely N-dealkylation sites (tertiary alicyclic amines) is 1. The zero-order valence-electron chi connectivity index (χ0n) is 7.57. The largest absolute Gasteiger partial charge is 0.480 e. The lowest BCUT2D eigenvalue weighted by Crippen LogP contribution is -2.70. The average Bonchev–Trinajstić information content (AvgIpc) is 2.48. The highest BCUT2D eigenvalue weighted by Gasteiger charge is 2.58. The van der Waals surface area contributed by atoms with E-state index in [1.807, 2.05) is 0 Å². The Morgan fingerprint density at radius 3 is 2.79 bits per heavy atom. The topological polar surface area (TPSA) is 60.9 Å². The number of carboxylic acid groups (broad SMARTS) is 1. The first-order valence-electron chi connectivity index (χ1n) is 4.51. The van der Waals surface area contributed by atoms with Gasteiger partial charge in [-0.1, -0.05) is 0 Å². The van der Waals surface area contributed by atoms with Gasteiger partial charge in [0.2, 0.25) is 5.91 Å². The molecular formula is C8H11ClN2O3. The molecule has 0 aromatic carbocycles. The summed E-state index contributed by atoms with van der Waals surface area (Å²) in [6.45, 7) is 0.932. The summed E-state index contributed by atoms with van der Waals surface area (Å²) in [6, 6.07) is 0. The number of halogens is 1. The number of carboxylic acids is 1. The number of nitrogens with zero attached hydrogens (tertiary/aromatic N) is 2. The lowest BCUT2D eigenvalue weighted by molar-refractivity contribution is -0.162.